The van der Waals surface area contributed by atoms with Gasteiger partial charge in [-0.15, -0.1) is 0 Å². The van der Waals surface area contributed by atoms with Gasteiger partial charge in [-0.05, 0) is 12.0 Å². The summed E-state index contributed by atoms with van der Waals surface area (Å²) >= 11 is 0. The maximum atomic E-state index is 4.80. The lowest BCUT2D eigenvalue weighted by molar-refractivity contribution is 0.213. The Balaban J connectivity index is 2.83. The van der Waals surface area contributed by atoms with E-state index in [2.05, 4.69) is 12.1 Å². The fourth-order valence-electron chi connectivity index (χ4n) is 1.22. The highest BCUT2D eigenvalue weighted by Crippen LogP contribution is 2.06. The van der Waals surface area contributed by atoms with E-state index in [-0.39, 0.29) is 0 Å². The van der Waals surface area contributed by atoms with Crippen molar-refractivity contribution in [2.75, 3.05) is 7.11 Å². The van der Waals surface area contributed by atoms with Gasteiger partial charge in [-0.1, -0.05) is 48.8 Å². The minimum Gasteiger partial charge on any atom is -0.399 e. The van der Waals surface area contributed by atoms with Crippen molar-refractivity contribution in [2.45, 2.75) is 19.8 Å². The van der Waals surface area contributed by atoms with E-state index in [1.165, 1.54) is 0 Å². The molecule has 0 atom stereocenters. The van der Waals surface area contributed by atoms with Crippen molar-refractivity contribution in [1.29, 1.82) is 0 Å². The molecule has 0 saturated carbocycles. The molecule has 0 amide bonds. The Bertz CT molecular complexity index is 267. The molecular weight excluding hydrogens is 162 g/mol. The van der Waals surface area contributed by atoms with E-state index in [0.29, 0.717) is 0 Å². The lowest BCUT2D eigenvalue weighted by Crippen LogP contribution is -2.00. The molecular formula is C11H15NO. The zero-order valence-electron chi connectivity index (χ0n) is 8.16. The molecule has 0 saturated heterocycles. The smallest absolute Gasteiger partial charge is 0.106 e. The summed E-state index contributed by atoms with van der Waals surface area (Å²) in [6.45, 7) is 2.13. The molecule has 1 aromatic carbocycles. The molecule has 0 unspecified atom stereocenters. The minimum atomic E-state index is 0.956. The number of oxime groups is 1. The predicted octanol–water partition coefficient (Wildman–Crippen LogP) is 2.84. The van der Waals surface area contributed by atoms with Crippen LogP contribution in [0.2, 0.25) is 0 Å². The van der Waals surface area contributed by atoms with Gasteiger partial charge in [0.2, 0.25) is 0 Å². The zero-order chi connectivity index (χ0) is 9.52. The first-order valence-electron chi connectivity index (χ1n) is 4.54. The molecule has 70 valence electrons. The molecule has 0 heterocycles. The van der Waals surface area contributed by atoms with Gasteiger partial charge >= 0.3 is 0 Å². The maximum Gasteiger partial charge on any atom is 0.106 e. The van der Waals surface area contributed by atoms with Crippen LogP contribution in [0.25, 0.3) is 0 Å². The first kappa shape index (κ1) is 9.78. The van der Waals surface area contributed by atoms with E-state index in [1.54, 1.807) is 7.11 Å². The molecule has 0 bridgehead atoms. The Labute approximate surface area is 79.2 Å². The molecule has 0 radical (unpaired) electrons. The van der Waals surface area contributed by atoms with Crippen LogP contribution in [0.1, 0.15) is 25.3 Å². The van der Waals surface area contributed by atoms with E-state index in [1.807, 2.05) is 30.3 Å². The Morgan fingerprint density at radius 2 is 2.00 bits per heavy atom. The van der Waals surface area contributed by atoms with E-state index in [4.69, 9.17) is 4.84 Å². The molecule has 0 aliphatic heterocycles. The second-order valence-corrected chi connectivity index (χ2v) is 2.84. The lowest BCUT2D eigenvalue weighted by atomic mass is 10.1. The average Bonchev–Trinajstić information content (AvgIpc) is 2.19. The van der Waals surface area contributed by atoms with Gasteiger partial charge in [0.1, 0.15) is 7.11 Å². The molecule has 1 rings (SSSR count). The van der Waals surface area contributed by atoms with Crippen LogP contribution in [-0.4, -0.2) is 12.8 Å². The largest absolute Gasteiger partial charge is 0.399 e. The number of hydrogen-bond donors (Lipinski definition) is 0. The van der Waals surface area contributed by atoms with E-state index < -0.39 is 0 Å². The van der Waals surface area contributed by atoms with E-state index in [0.717, 1.165) is 24.1 Å². The summed E-state index contributed by atoms with van der Waals surface area (Å²) in [7, 11) is 1.58. The maximum absolute atomic E-state index is 4.80. The highest BCUT2D eigenvalue weighted by molar-refractivity contribution is 6.00. The van der Waals surface area contributed by atoms with Crippen molar-refractivity contribution < 1.29 is 4.84 Å². The van der Waals surface area contributed by atoms with Gasteiger partial charge in [-0.25, -0.2) is 0 Å². The van der Waals surface area contributed by atoms with Gasteiger partial charge in [0.25, 0.3) is 0 Å². The first-order chi connectivity index (χ1) is 6.38. The van der Waals surface area contributed by atoms with Crippen LogP contribution in [-0.2, 0) is 4.84 Å². The fraction of sp³-hybridized carbons (Fsp3) is 0.364. The highest BCUT2D eigenvalue weighted by atomic mass is 16.6. The van der Waals surface area contributed by atoms with E-state index >= 15 is 0 Å². The summed E-state index contributed by atoms with van der Waals surface area (Å²) in [5.74, 6) is 0. The molecule has 13 heavy (non-hydrogen) atoms. The SMILES string of the molecule is CCC/C(=N\OC)c1ccccc1. The summed E-state index contributed by atoms with van der Waals surface area (Å²) < 4.78 is 0. The second kappa shape index (κ2) is 5.36. The Morgan fingerprint density at radius 1 is 1.31 bits per heavy atom. The normalized spacial score (nSPS) is 11.4. The Kier molecular flexibility index (Phi) is 4.03. The van der Waals surface area contributed by atoms with Crippen molar-refractivity contribution in [3.8, 4) is 0 Å². The summed E-state index contributed by atoms with van der Waals surface area (Å²) in [5.41, 5.74) is 2.16. The summed E-state index contributed by atoms with van der Waals surface area (Å²) in [5, 5.41) is 4.00. The molecule has 0 aromatic heterocycles. The van der Waals surface area contributed by atoms with Gasteiger partial charge in [0.05, 0.1) is 5.71 Å². The lowest BCUT2D eigenvalue weighted by Gasteiger charge is -2.03. The first-order valence-corrected chi connectivity index (χ1v) is 4.54. The van der Waals surface area contributed by atoms with Crippen molar-refractivity contribution in [3.63, 3.8) is 0 Å². The molecule has 0 aliphatic rings. The predicted molar refractivity (Wildman–Crippen MR) is 54.9 cm³/mol. The van der Waals surface area contributed by atoms with Crippen molar-refractivity contribution in [3.05, 3.63) is 35.9 Å². The molecule has 0 fully saturated rings. The van der Waals surface area contributed by atoms with Gasteiger partial charge in [0, 0.05) is 0 Å². The van der Waals surface area contributed by atoms with E-state index in [9.17, 15) is 0 Å². The van der Waals surface area contributed by atoms with Crippen LogP contribution >= 0.6 is 0 Å². The average molecular weight is 177 g/mol. The number of nitrogens with zero attached hydrogens (tertiary/aromatic N) is 1. The van der Waals surface area contributed by atoms with Crippen LogP contribution in [0.15, 0.2) is 35.5 Å². The van der Waals surface area contributed by atoms with Crippen molar-refractivity contribution in [1.82, 2.24) is 0 Å². The Morgan fingerprint density at radius 3 is 2.54 bits per heavy atom. The Hall–Kier alpha value is -1.31. The molecule has 0 N–H and O–H groups in total. The summed E-state index contributed by atoms with van der Waals surface area (Å²) in [6, 6.07) is 10.1. The van der Waals surface area contributed by atoms with Gasteiger partial charge in [-0.3, -0.25) is 0 Å². The van der Waals surface area contributed by atoms with Gasteiger partial charge in [-0.2, -0.15) is 0 Å². The quantitative estimate of drug-likeness (QED) is 0.512. The highest BCUT2D eigenvalue weighted by Gasteiger charge is 2.01. The zero-order valence-corrected chi connectivity index (χ0v) is 8.16. The summed E-state index contributed by atoms with van der Waals surface area (Å²) in [4.78, 5) is 4.80. The third kappa shape index (κ3) is 2.90. The van der Waals surface area contributed by atoms with Crippen LogP contribution in [0.5, 0.6) is 0 Å². The summed E-state index contributed by atoms with van der Waals surface area (Å²) in [6.07, 6.45) is 2.04. The number of benzene rings is 1. The van der Waals surface area contributed by atoms with Crippen molar-refractivity contribution >= 4 is 5.71 Å². The standard InChI is InChI=1S/C11H15NO/c1-3-7-11(12-13-2)10-8-5-4-6-9-10/h4-6,8-9H,3,7H2,1-2H3/b12-11+. The number of rotatable bonds is 4. The second-order valence-electron chi connectivity index (χ2n) is 2.84. The van der Waals surface area contributed by atoms with Gasteiger partial charge in [0.15, 0.2) is 0 Å². The third-order valence-electron chi connectivity index (χ3n) is 1.80. The molecule has 1 aromatic rings. The molecule has 2 nitrogen and oxygen atoms in total. The van der Waals surface area contributed by atoms with Crippen LogP contribution in [0.4, 0.5) is 0 Å². The van der Waals surface area contributed by atoms with Crippen LogP contribution in [0.3, 0.4) is 0 Å². The monoisotopic (exact) mass is 177 g/mol. The minimum absolute atomic E-state index is 0.956. The third-order valence-corrected chi connectivity index (χ3v) is 1.80. The fourth-order valence-corrected chi connectivity index (χ4v) is 1.22. The topological polar surface area (TPSA) is 21.6 Å². The molecule has 0 aliphatic carbocycles. The van der Waals surface area contributed by atoms with Crippen LogP contribution in [0, 0.1) is 0 Å². The van der Waals surface area contributed by atoms with Crippen molar-refractivity contribution in [2.24, 2.45) is 5.16 Å². The number of hydrogen-bond acceptors (Lipinski definition) is 2. The van der Waals surface area contributed by atoms with Crippen LogP contribution < -0.4 is 0 Å². The van der Waals surface area contributed by atoms with Gasteiger partial charge < -0.3 is 4.84 Å². The molecule has 2 heteroatoms. The molecule has 0 spiro atoms.